The Morgan fingerprint density at radius 2 is 1.87 bits per heavy atom. The van der Waals surface area contributed by atoms with E-state index < -0.39 is 17.6 Å². The smallest absolute Gasteiger partial charge is 0.355 e. The number of hydrogen-bond acceptors (Lipinski definition) is 3. The molecule has 1 atom stereocenters. The van der Waals surface area contributed by atoms with Crippen LogP contribution in [0.3, 0.4) is 0 Å². The van der Waals surface area contributed by atoms with E-state index in [1.807, 2.05) is 13.8 Å². The molecule has 0 bridgehead atoms. The van der Waals surface area contributed by atoms with Gasteiger partial charge < -0.3 is 5.32 Å². The third kappa shape index (κ3) is 5.59. The van der Waals surface area contributed by atoms with E-state index in [4.69, 9.17) is 0 Å². The summed E-state index contributed by atoms with van der Waals surface area (Å²) in [4.78, 5) is 26.7. The van der Waals surface area contributed by atoms with E-state index in [2.05, 4.69) is 10.2 Å². The Kier molecular flexibility index (Phi) is 6.55. The van der Waals surface area contributed by atoms with E-state index in [0.717, 1.165) is 44.5 Å². The van der Waals surface area contributed by atoms with Crippen LogP contribution in [-0.2, 0) is 22.2 Å². The van der Waals surface area contributed by atoms with E-state index in [0.29, 0.717) is 25.1 Å². The lowest BCUT2D eigenvalue weighted by molar-refractivity contribution is -0.138. The molecule has 1 saturated heterocycles. The van der Waals surface area contributed by atoms with Gasteiger partial charge in [-0.1, -0.05) is 13.8 Å². The number of likely N-dealkylation sites (tertiary alicyclic amines) is 1. The Hall–Kier alpha value is -1.96. The van der Waals surface area contributed by atoms with Gasteiger partial charge >= 0.3 is 6.18 Å². The third-order valence-electron chi connectivity index (χ3n) is 6.17. The number of Topliss-reactive ketones (excluding diaryl/α,β-unsaturated/α-hetero) is 1. The van der Waals surface area contributed by atoms with Crippen LogP contribution >= 0.6 is 0 Å². The minimum absolute atomic E-state index is 0.00496. The van der Waals surface area contributed by atoms with E-state index in [1.54, 1.807) is 0 Å². The van der Waals surface area contributed by atoms with Crippen molar-refractivity contribution < 1.29 is 27.2 Å². The summed E-state index contributed by atoms with van der Waals surface area (Å²) in [5, 5.41) is 2.89. The molecule has 1 aliphatic carbocycles. The minimum Gasteiger partial charge on any atom is -0.355 e. The lowest BCUT2D eigenvalue weighted by Crippen LogP contribution is -2.43. The first-order chi connectivity index (χ1) is 14.0. The largest absolute Gasteiger partial charge is 0.416 e. The second kappa shape index (κ2) is 8.65. The van der Waals surface area contributed by atoms with Crippen LogP contribution in [-0.4, -0.2) is 42.8 Å². The van der Waals surface area contributed by atoms with Crippen molar-refractivity contribution in [2.75, 3.05) is 26.2 Å². The Morgan fingerprint density at radius 3 is 2.47 bits per heavy atom. The van der Waals surface area contributed by atoms with Gasteiger partial charge in [0.2, 0.25) is 5.91 Å². The SMILES string of the molecule is CC(C)CNC(=O)CN1CCC2(CC1)C[C@H]2C(=O)Cc1cc(F)cc(C(F)(F)F)c1. The average Bonchev–Trinajstić information content (AvgIpc) is 3.35. The van der Waals surface area contributed by atoms with Crippen LogP contribution in [0.15, 0.2) is 18.2 Å². The summed E-state index contributed by atoms with van der Waals surface area (Å²) in [5.41, 5.74) is -1.11. The summed E-state index contributed by atoms with van der Waals surface area (Å²) in [6.45, 7) is 6.48. The molecule has 0 unspecified atom stereocenters. The van der Waals surface area contributed by atoms with Gasteiger partial charge in [-0.05, 0) is 67.4 Å². The van der Waals surface area contributed by atoms with Crippen LogP contribution in [0.4, 0.5) is 17.6 Å². The molecule has 1 amide bonds. The molecule has 30 heavy (non-hydrogen) atoms. The maximum absolute atomic E-state index is 13.6. The summed E-state index contributed by atoms with van der Waals surface area (Å²) >= 11 is 0. The van der Waals surface area contributed by atoms with Gasteiger partial charge in [-0.15, -0.1) is 0 Å². The summed E-state index contributed by atoms with van der Waals surface area (Å²) in [6, 6.07) is 2.30. The van der Waals surface area contributed by atoms with E-state index >= 15 is 0 Å². The van der Waals surface area contributed by atoms with Crippen LogP contribution in [0, 0.1) is 23.1 Å². The van der Waals surface area contributed by atoms with E-state index in [-0.39, 0.29) is 35.0 Å². The van der Waals surface area contributed by atoms with Gasteiger partial charge in [-0.2, -0.15) is 13.2 Å². The van der Waals surface area contributed by atoms with Crippen LogP contribution in [0.2, 0.25) is 0 Å². The number of carbonyl (C=O) groups is 2. The molecule has 4 nitrogen and oxygen atoms in total. The number of ketones is 1. The first-order valence-electron chi connectivity index (χ1n) is 10.4. The zero-order valence-corrected chi connectivity index (χ0v) is 17.3. The molecule has 1 heterocycles. The zero-order valence-electron chi connectivity index (χ0n) is 17.3. The number of benzene rings is 1. The molecule has 1 aliphatic heterocycles. The third-order valence-corrected chi connectivity index (χ3v) is 6.17. The maximum atomic E-state index is 13.6. The summed E-state index contributed by atoms with van der Waals surface area (Å²) in [7, 11) is 0. The highest BCUT2D eigenvalue weighted by molar-refractivity contribution is 5.86. The molecule has 1 aromatic carbocycles. The number of halogens is 4. The molecule has 166 valence electrons. The van der Waals surface area contributed by atoms with Gasteiger partial charge in [0.25, 0.3) is 0 Å². The molecule has 0 aromatic heterocycles. The van der Waals surface area contributed by atoms with Crippen molar-refractivity contribution >= 4 is 11.7 Å². The van der Waals surface area contributed by atoms with Crippen molar-refractivity contribution in [3.05, 3.63) is 35.1 Å². The maximum Gasteiger partial charge on any atom is 0.416 e. The number of rotatable bonds is 7. The number of alkyl halides is 3. The highest BCUT2D eigenvalue weighted by Crippen LogP contribution is 2.60. The van der Waals surface area contributed by atoms with E-state index in [1.165, 1.54) is 0 Å². The molecule has 2 fully saturated rings. The van der Waals surface area contributed by atoms with Crippen molar-refractivity contribution in [1.29, 1.82) is 0 Å². The fourth-order valence-electron chi connectivity index (χ4n) is 4.33. The number of hydrogen-bond donors (Lipinski definition) is 1. The van der Waals surface area contributed by atoms with Crippen molar-refractivity contribution in [3.63, 3.8) is 0 Å². The quantitative estimate of drug-likeness (QED) is 0.672. The predicted molar refractivity (Wildman–Crippen MR) is 104 cm³/mol. The Morgan fingerprint density at radius 1 is 1.20 bits per heavy atom. The number of carbonyl (C=O) groups excluding carboxylic acids is 2. The first-order valence-corrected chi connectivity index (χ1v) is 10.4. The predicted octanol–water partition coefficient (Wildman–Crippen LogP) is 3.83. The number of nitrogens with one attached hydrogen (secondary N) is 1. The lowest BCUT2D eigenvalue weighted by atomic mass is 9.88. The van der Waals surface area contributed by atoms with E-state index in [9.17, 15) is 27.2 Å². The van der Waals surface area contributed by atoms with Gasteiger partial charge in [0.05, 0.1) is 12.1 Å². The molecule has 1 N–H and O–H groups in total. The summed E-state index contributed by atoms with van der Waals surface area (Å²) in [5.74, 6) is -0.914. The molecule has 1 aromatic rings. The number of piperidine rings is 1. The van der Waals surface area contributed by atoms with Crippen molar-refractivity contribution in [2.45, 2.75) is 45.7 Å². The van der Waals surface area contributed by atoms with Crippen molar-refractivity contribution in [3.8, 4) is 0 Å². The van der Waals surface area contributed by atoms with Gasteiger partial charge in [0, 0.05) is 18.9 Å². The molecular weight excluding hydrogens is 400 g/mol. The Bertz CT molecular complexity index is 799. The second-order valence-corrected chi connectivity index (χ2v) is 9.08. The Labute approximate surface area is 174 Å². The Balaban J connectivity index is 1.51. The second-order valence-electron chi connectivity index (χ2n) is 9.08. The van der Waals surface area contributed by atoms with Gasteiger partial charge in [0.15, 0.2) is 0 Å². The molecule has 3 rings (SSSR count). The van der Waals surface area contributed by atoms with Crippen molar-refractivity contribution in [1.82, 2.24) is 10.2 Å². The number of nitrogens with zero attached hydrogens (tertiary/aromatic N) is 1. The van der Waals surface area contributed by atoms with Crippen LogP contribution in [0.5, 0.6) is 0 Å². The number of amides is 1. The molecule has 0 radical (unpaired) electrons. The van der Waals surface area contributed by atoms with Crippen LogP contribution in [0.25, 0.3) is 0 Å². The van der Waals surface area contributed by atoms with Crippen molar-refractivity contribution in [2.24, 2.45) is 17.3 Å². The molecular formula is C22H28F4N2O2. The van der Waals surface area contributed by atoms with Gasteiger partial charge in [-0.3, -0.25) is 14.5 Å². The van der Waals surface area contributed by atoms with Crippen LogP contribution in [0.1, 0.15) is 44.2 Å². The molecule has 1 saturated carbocycles. The lowest BCUT2D eigenvalue weighted by Gasteiger charge is -2.32. The highest BCUT2D eigenvalue weighted by Gasteiger charge is 2.57. The fraction of sp³-hybridized carbons (Fsp3) is 0.636. The highest BCUT2D eigenvalue weighted by atomic mass is 19.4. The standard InChI is InChI=1S/C22H28F4N2O2/c1-14(2)12-27-20(30)13-28-5-3-21(4-6-28)11-18(21)19(29)9-15-7-16(22(24,25)26)10-17(23)8-15/h7-8,10,14,18H,3-6,9,11-13H2,1-2H3,(H,27,30)/t18-/m0/s1. The summed E-state index contributed by atoms with van der Waals surface area (Å²) < 4.78 is 52.2. The van der Waals surface area contributed by atoms with Crippen LogP contribution < -0.4 is 5.32 Å². The fourth-order valence-corrected chi connectivity index (χ4v) is 4.33. The molecule has 1 spiro atoms. The normalized spacial score (nSPS) is 21.1. The average molecular weight is 428 g/mol. The van der Waals surface area contributed by atoms with Gasteiger partial charge in [-0.25, -0.2) is 4.39 Å². The monoisotopic (exact) mass is 428 g/mol. The zero-order chi connectivity index (χ0) is 22.1. The molecule has 2 aliphatic rings. The summed E-state index contributed by atoms with van der Waals surface area (Å²) in [6.07, 6.45) is -2.53. The van der Waals surface area contributed by atoms with Gasteiger partial charge in [0.1, 0.15) is 11.6 Å². The first kappa shape index (κ1) is 22.7. The topological polar surface area (TPSA) is 49.4 Å². The molecule has 8 heteroatoms. The minimum atomic E-state index is -4.64.